The van der Waals surface area contributed by atoms with Gasteiger partial charge in [0.1, 0.15) is 5.41 Å². The van der Waals surface area contributed by atoms with Crippen LogP contribution in [-0.2, 0) is 14.4 Å². The van der Waals surface area contributed by atoms with Gasteiger partial charge in [0.2, 0.25) is 12.2 Å². The van der Waals surface area contributed by atoms with E-state index >= 15 is 0 Å². The van der Waals surface area contributed by atoms with Gasteiger partial charge >= 0.3 is 5.97 Å². The second kappa shape index (κ2) is 9.59. The Bertz CT molecular complexity index is 545. The molecule has 0 radical (unpaired) electrons. The Morgan fingerprint density at radius 3 is 2.08 bits per heavy atom. The zero-order valence-electron chi connectivity index (χ0n) is 15.3. The summed E-state index contributed by atoms with van der Waals surface area (Å²) >= 11 is 0. The Labute approximate surface area is 147 Å². The Morgan fingerprint density at radius 2 is 1.72 bits per heavy atom. The number of hydrogen-bond donors (Lipinski definition) is 3. The Balaban J connectivity index is 0.000000547. The lowest BCUT2D eigenvalue weighted by molar-refractivity contribution is -0.152. The number of isocyanates is 2. The van der Waals surface area contributed by atoms with Gasteiger partial charge in [0.05, 0.1) is 25.8 Å². The highest BCUT2D eigenvalue weighted by molar-refractivity contribution is 5.74. The van der Waals surface area contributed by atoms with E-state index in [1.807, 2.05) is 0 Å². The Kier molecular flexibility index (Phi) is 8.88. The molecule has 8 nitrogen and oxygen atoms in total. The van der Waals surface area contributed by atoms with Gasteiger partial charge in [0.15, 0.2) is 0 Å². The van der Waals surface area contributed by atoms with Crippen LogP contribution in [0, 0.1) is 16.2 Å². The first-order valence-electron chi connectivity index (χ1n) is 8.03. The molecule has 0 aromatic heterocycles. The third kappa shape index (κ3) is 7.71. The average molecular weight is 356 g/mol. The maximum absolute atomic E-state index is 10.3. The van der Waals surface area contributed by atoms with Gasteiger partial charge in [-0.1, -0.05) is 20.8 Å². The molecule has 25 heavy (non-hydrogen) atoms. The predicted octanol–water partition coefficient (Wildman–Crippen LogP) is 1.30. The predicted molar refractivity (Wildman–Crippen MR) is 90.6 cm³/mol. The van der Waals surface area contributed by atoms with Crippen molar-refractivity contribution in [2.75, 3.05) is 19.8 Å². The summed E-state index contributed by atoms with van der Waals surface area (Å²) in [4.78, 5) is 38.2. The summed E-state index contributed by atoms with van der Waals surface area (Å²) in [5.41, 5.74) is -1.33. The van der Waals surface area contributed by atoms with Gasteiger partial charge in [0, 0.05) is 0 Å². The third-order valence-corrected chi connectivity index (χ3v) is 4.40. The highest BCUT2D eigenvalue weighted by Gasteiger charge is 2.41. The van der Waals surface area contributed by atoms with Crippen LogP contribution in [0.5, 0.6) is 0 Å². The molecule has 1 aliphatic rings. The minimum Gasteiger partial charge on any atom is -0.481 e. The highest BCUT2D eigenvalue weighted by atomic mass is 16.4. The number of nitrogens with zero attached hydrogens (tertiary/aromatic N) is 2. The maximum atomic E-state index is 10.3. The first-order chi connectivity index (χ1) is 11.5. The molecule has 8 heteroatoms. The summed E-state index contributed by atoms with van der Waals surface area (Å²) in [6.07, 6.45) is 5.88. The molecular weight excluding hydrogens is 328 g/mol. The number of aliphatic imine (C=N–C) groups is 2. The normalized spacial score (nSPS) is 24.8. The van der Waals surface area contributed by atoms with Crippen LogP contribution in [0.15, 0.2) is 9.98 Å². The van der Waals surface area contributed by atoms with E-state index in [-0.39, 0.29) is 16.9 Å². The lowest BCUT2D eigenvalue weighted by Gasteiger charge is -2.44. The van der Waals surface area contributed by atoms with Crippen LogP contribution >= 0.6 is 0 Å². The van der Waals surface area contributed by atoms with Crippen LogP contribution in [0.3, 0.4) is 0 Å². The number of carboxylic acid groups (broad SMARTS) is 1. The molecule has 142 valence electrons. The number of aliphatic hydroxyl groups is 2. The van der Waals surface area contributed by atoms with Gasteiger partial charge in [-0.2, -0.15) is 0 Å². The summed E-state index contributed by atoms with van der Waals surface area (Å²) in [6.45, 7) is 7.05. The molecule has 1 aliphatic carbocycles. The van der Waals surface area contributed by atoms with Crippen LogP contribution in [-0.4, -0.2) is 59.2 Å². The average Bonchev–Trinajstić information content (AvgIpc) is 2.51. The van der Waals surface area contributed by atoms with Crippen LogP contribution < -0.4 is 0 Å². The van der Waals surface area contributed by atoms with Crippen molar-refractivity contribution in [2.45, 2.75) is 53.0 Å². The maximum Gasteiger partial charge on any atom is 0.314 e. The molecule has 1 rings (SSSR count). The smallest absolute Gasteiger partial charge is 0.314 e. The second-order valence-corrected chi connectivity index (χ2v) is 8.02. The Hall–Kier alpha value is -1.85. The number of carboxylic acids is 1. The number of aliphatic hydroxyl groups excluding tert-OH is 2. The van der Waals surface area contributed by atoms with E-state index in [2.05, 4.69) is 30.8 Å². The monoisotopic (exact) mass is 356 g/mol. The summed E-state index contributed by atoms with van der Waals surface area (Å²) in [7, 11) is 0. The molecule has 0 bridgehead atoms. The minimum atomic E-state index is -1.39. The standard InChI is InChI=1S/C12H18N2O2.C5H10O4/c1-11(2)4-10(14-9-16)5-12(3,6-11)7-13-8-15;1-5(2-6,3-7)4(8)9/h10H,4-7H2,1-3H3;6-7H,2-3H2,1H3,(H,8,9). The third-order valence-electron chi connectivity index (χ3n) is 4.40. The van der Waals surface area contributed by atoms with Crippen molar-refractivity contribution in [3.63, 3.8) is 0 Å². The summed E-state index contributed by atoms with van der Waals surface area (Å²) in [6, 6.07) is 0.00750. The molecule has 2 unspecified atom stereocenters. The van der Waals surface area contributed by atoms with Crippen molar-refractivity contribution in [3.05, 3.63) is 0 Å². The quantitative estimate of drug-likeness (QED) is 0.485. The molecule has 1 fully saturated rings. The van der Waals surface area contributed by atoms with Crippen LogP contribution in [0.1, 0.15) is 47.0 Å². The van der Waals surface area contributed by atoms with Crippen molar-refractivity contribution in [2.24, 2.45) is 26.2 Å². The second-order valence-electron chi connectivity index (χ2n) is 8.02. The topological polar surface area (TPSA) is 137 Å². The SMILES string of the molecule is CC(CO)(CO)C(=O)O.CC1(C)CC(N=C=O)CC(C)(CN=C=O)C1. The van der Waals surface area contributed by atoms with Gasteiger partial charge in [0.25, 0.3) is 0 Å². The molecule has 0 spiro atoms. The first-order valence-corrected chi connectivity index (χ1v) is 8.03. The largest absolute Gasteiger partial charge is 0.481 e. The summed E-state index contributed by atoms with van der Waals surface area (Å²) < 4.78 is 0. The van der Waals surface area contributed by atoms with Crippen molar-refractivity contribution in [1.29, 1.82) is 0 Å². The number of carbonyl (C=O) groups is 1. The molecule has 0 heterocycles. The molecule has 0 aliphatic heterocycles. The van der Waals surface area contributed by atoms with Gasteiger partial charge in [-0.25, -0.2) is 19.6 Å². The highest BCUT2D eigenvalue weighted by Crippen LogP contribution is 2.47. The fourth-order valence-electron chi connectivity index (χ4n) is 3.27. The zero-order chi connectivity index (χ0) is 19.7. The van der Waals surface area contributed by atoms with Crippen molar-refractivity contribution in [3.8, 4) is 0 Å². The van der Waals surface area contributed by atoms with Gasteiger partial charge in [-0.15, -0.1) is 0 Å². The molecule has 0 aromatic carbocycles. The lowest BCUT2D eigenvalue weighted by Crippen LogP contribution is -2.39. The van der Waals surface area contributed by atoms with E-state index in [1.54, 1.807) is 12.2 Å². The van der Waals surface area contributed by atoms with E-state index in [0.29, 0.717) is 6.54 Å². The molecule has 0 saturated heterocycles. The molecule has 0 aromatic rings. The van der Waals surface area contributed by atoms with Crippen LogP contribution in [0.4, 0.5) is 0 Å². The molecule has 1 saturated carbocycles. The summed E-state index contributed by atoms with van der Waals surface area (Å²) in [5, 5.41) is 25.1. The lowest BCUT2D eigenvalue weighted by atomic mass is 9.63. The number of carbonyl (C=O) groups excluding carboxylic acids is 2. The fourth-order valence-corrected chi connectivity index (χ4v) is 3.27. The first kappa shape index (κ1) is 23.1. The van der Waals surface area contributed by atoms with Gasteiger partial charge in [-0.05, 0) is 37.0 Å². The van der Waals surface area contributed by atoms with Crippen LogP contribution in [0.2, 0.25) is 0 Å². The van der Waals surface area contributed by atoms with Crippen molar-refractivity contribution in [1.82, 2.24) is 0 Å². The van der Waals surface area contributed by atoms with Gasteiger partial charge in [-0.3, -0.25) is 4.79 Å². The van der Waals surface area contributed by atoms with E-state index in [0.717, 1.165) is 19.3 Å². The van der Waals surface area contributed by atoms with E-state index in [9.17, 15) is 14.4 Å². The van der Waals surface area contributed by atoms with E-state index in [4.69, 9.17) is 15.3 Å². The number of aliphatic carboxylic acids is 1. The van der Waals surface area contributed by atoms with Crippen molar-refractivity contribution < 1.29 is 29.7 Å². The number of hydrogen-bond acceptors (Lipinski definition) is 7. The fraction of sp³-hybridized carbons (Fsp3) is 0.824. The zero-order valence-corrected chi connectivity index (χ0v) is 15.3. The van der Waals surface area contributed by atoms with E-state index in [1.165, 1.54) is 6.92 Å². The molecule has 0 amide bonds. The molecule has 3 N–H and O–H groups in total. The number of rotatable bonds is 6. The summed E-state index contributed by atoms with van der Waals surface area (Å²) in [5.74, 6) is -1.19. The molecule has 2 atom stereocenters. The molecular formula is C17H28N2O6. The van der Waals surface area contributed by atoms with E-state index < -0.39 is 24.6 Å². The van der Waals surface area contributed by atoms with Crippen LogP contribution in [0.25, 0.3) is 0 Å². The van der Waals surface area contributed by atoms with Gasteiger partial charge < -0.3 is 15.3 Å². The van der Waals surface area contributed by atoms with Crippen molar-refractivity contribution >= 4 is 18.1 Å². The minimum absolute atomic E-state index is 0.00750. The Morgan fingerprint density at radius 1 is 1.16 bits per heavy atom.